The van der Waals surface area contributed by atoms with Crippen molar-refractivity contribution in [3.05, 3.63) is 42.3 Å². The van der Waals surface area contributed by atoms with Crippen LogP contribution in [0, 0.1) is 11.7 Å². The lowest BCUT2D eigenvalue weighted by Gasteiger charge is -2.28. The van der Waals surface area contributed by atoms with E-state index in [-0.39, 0.29) is 29.6 Å². The summed E-state index contributed by atoms with van der Waals surface area (Å²) in [6.45, 7) is 1.49. The number of hydrogen-bond donors (Lipinski definition) is 2. The van der Waals surface area contributed by atoms with Crippen molar-refractivity contribution in [3.63, 3.8) is 0 Å². The van der Waals surface area contributed by atoms with Crippen molar-refractivity contribution >= 4 is 17.6 Å². The van der Waals surface area contributed by atoms with E-state index >= 15 is 0 Å². The van der Waals surface area contributed by atoms with Crippen LogP contribution >= 0.6 is 0 Å². The van der Waals surface area contributed by atoms with Crippen molar-refractivity contribution in [3.8, 4) is 16.9 Å². The van der Waals surface area contributed by atoms with Gasteiger partial charge in [-0.1, -0.05) is 6.42 Å². The van der Waals surface area contributed by atoms with Gasteiger partial charge < -0.3 is 15.4 Å². The van der Waals surface area contributed by atoms with Crippen molar-refractivity contribution in [1.82, 2.24) is 10.3 Å². The average Bonchev–Trinajstić information content (AvgIpc) is 2.67. The third-order valence-corrected chi connectivity index (χ3v) is 4.94. The van der Waals surface area contributed by atoms with E-state index in [0.29, 0.717) is 23.6 Å². The molecule has 1 aliphatic rings. The fourth-order valence-electron chi connectivity index (χ4n) is 3.64. The molecule has 0 radical (unpaired) electrons. The SMILES string of the molecule is COc1cc(F)ccc1-c1ccnc(NC(=O)[C@@H]2CCC[C@@H](NC(C)=O)C2)c1. The number of benzene rings is 1. The summed E-state index contributed by atoms with van der Waals surface area (Å²) in [5, 5.41) is 5.77. The summed E-state index contributed by atoms with van der Waals surface area (Å²) in [5.74, 6) is 0.106. The first kappa shape index (κ1) is 19.8. The van der Waals surface area contributed by atoms with Gasteiger partial charge in [-0.15, -0.1) is 0 Å². The van der Waals surface area contributed by atoms with E-state index in [0.717, 1.165) is 24.8 Å². The lowest BCUT2D eigenvalue weighted by atomic mass is 9.85. The molecular weight excluding hydrogens is 361 g/mol. The number of pyridine rings is 1. The molecule has 1 fully saturated rings. The van der Waals surface area contributed by atoms with Gasteiger partial charge >= 0.3 is 0 Å². The quantitative estimate of drug-likeness (QED) is 0.825. The second-order valence-electron chi connectivity index (χ2n) is 7.02. The Morgan fingerprint density at radius 2 is 2.04 bits per heavy atom. The Bertz CT molecular complexity index is 872. The molecule has 148 valence electrons. The molecule has 0 bridgehead atoms. The van der Waals surface area contributed by atoms with Crippen molar-refractivity contribution in [2.24, 2.45) is 5.92 Å². The lowest BCUT2D eigenvalue weighted by molar-refractivity contribution is -0.123. The predicted molar refractivity (Wildman–Crippen MR) is 104 cm³/mol. The highest BCUT2D eigenvalue weighted by Crippen LogP contribution is 2.32. The molecule has 28 heavy (non-hydrogen) atoms. The predicted octanol–water partition coefficient (Wildman–Crippen LogP) is 3.53. The first-order chi connectivity index (χ1) is 13.5. The second kappa shape index (κ2) is 8.82. The van der Waals surface area contributed by atoms with E-state index < -0.39 is 0 Å². The van der Waals surface area contributed by atoms with Gasteiger partial charge in [-0.05, 0) is 49.1 Å². The maximum atomic E-state index is 13.4. The summed E-state index contributed by atoms with van der Waals surface area (Å²) < 4.78 is 18.7. The second-order valence-corrected chi connectivity index (χ2v) is 7.02. The number of anilines is 1. The molecular formula is C21H24FN3O3. The number of carbonyl (C=O) groups is 2. The third kappa shape index (κ3) is 4.85. The fourth-order valence-corrected chi connectivity index (χ4v) is 3.64. The number of nitrogens with zero attached hydrogens (tertiary/aromatic N) is 1. The van der Waals surface area contributed by atoms with Gasteiger partial charge in [-0.25, -0.2) is 9.37 Å². The minimum absolute atomic E-state index is 0.0322. The minimum Gasteiger partial charge on any atom is -0.496 e. The summed E-state index contributed by atoms with van der Waals surface area (Å²) in [6.07, 6.45) is 4.78. The van der Waals surface area contributed by atoms with Crippen LogP contribution in [0.25, 0.3) is 11.1 Å². The van der Waals surface area contributed by atoms with E-state index in [9.17, 15) is 14.0 Å². The largest absolute Gasteiger partial charge is 0.496 e. The molecule has 2 amide bonds. The number of carbonyl (C=O) groups excluding carboxylic acids is 2. The van der Waals surface area contributed by atoms with Gasteiger partial charge in [0.15, 0.2) is 0 Å². The Morgan fingerprint density at radius 1 is 1.21 bits per heavy atom. The van der Waals surface area contributed by atoms with Crippen molar-refractivity contribution < 1.29 is 18.7 Å². The number of rotatable bonds is 5. The maximum Gasteiger partial charge on any atom is 0.228 e. The van der Waals surface area contributed by atoms with Gasteiger partial charge in [-0.3, -0.25) is 9.59 Å². The number of halogens is 1. The average molecular weight is 385 g/mol. The fraction of sp³-hybridized carbons (Fsp3) is 0.381. The minimum atomic E-state index is -0.380. The number of methoxy groups -OCH3 is 1. The Hall–Kier alpha value is -2.96. The Balaban J connectivity index is 1.72. The van der Waals surface area contributed by atoms with Crippen molar-refractivity contribution in [2.45, 2.75) is 38.6 Å². The Labute approximate surface area is 163 Å². The van der Waals surface area contributed by atoms with Crippen LogP contribution in [0.2, 0.25) is 0 Å². The van der Waals surface area contributed by atoms with Crippen LogP contribution < -0.4 is 15.4 Å². The zero-order chi connectivity index (χ0) is 20.1. The molecule has 1 aliphatic carbocycles. The van der Waals surface area contributed by atoms with Crippen molar-refractivity contribution in [2.75, 3.05) is 12.4 Å². The zero-order valence-corrected chi connectivity index (χ0v) is 16.0. The van der Waals surface area contributed by atoms with Crippen LogP contribution in [-0.2, 0) is 9.59 Å². The van der Waals surface area contributed by atoms with E-state index in [1.165, 1.54) is 26.2 Å². The third-order valence-electron chi connectivity index (χ3n) is 4.94. The topological polar surface area (TPSA) is 80.3 Å². The number of ether oxygens (including phenoxy) is 1. The van der Waals surface area contributed by atoms with E-state index in [1.54, 1.807) is 24.4 Å². The molecule has 2 atom stereocenters. The van der Waals surface area contributed by atoms with Gasteiger partial charge in [0.05, 0.1) is 7.11 Å². The van der Waals surface area contributed by atoms with Crippen LogP contribution in [0.1, 0.15) is 32.6 Å². The first-order valence-corrected chi connectivity index (χ1v) is 9.34. The molecule has 0 unspecified atom stereocenters. The molecule has 3 rings (SSSR count). The molecule has 1 aromatic carbocycles. The smallest absolute Gasteiger partial charge is 0.228 e. The molecule has 1 aromatic heterocycles. The van der Waals surface area contributed by atoms with E-state index in [4.69, 9.17) is 4.74 Å². The first-order valence-electron chi connectivity index (χ1n) is 9.34. The lowest BCUT2D eigenvalue weighted by Crippen LogP contribution is -2.40. The van der Waals surface area contributed by atoms with Gasteiger partial charge in [0.2, 0.25) is 11.8 Å². The monoisotopic (exact) mass is 385 g/mol. The summed E-state index contributed by atoms with van der Waals surface area (Å²) in [5.41, 5.74) is 1.48. The van der Waals surface area contributed by atoms with Gasteiger partial charge in [-0.2, -0.15) is 0 Å². The highest BCUT2D eigenvalue weighted by Gasteiger charge is 2.28. The molecule has 2 aromatic rings. The van der Waals surface area contributed by atoms with Crippen molar-refractivity contribution in [1.29, 1.82) is 0 Å². The van der Waals surface area contributed by atoms with Gasteiger partial charge in [0.1, 0.15) is 17.4 Å². The normalized spacial score (nSPS) is 19.0. The molecule has 1 saturated carbocycles. The van der Waals surface area contributed by atoms with Gasteiger partial charge in [0.25, 0.3) is 0 Å². The molecule has 0 saturated heterocycles. The van der Waals surface area contributed by atoms with E-state index in [1.807, 2.05) is 0 Å². The molecule has 2 N–H and O–H groups in total. The highest BCUT2D eigenvalue weighted by atomic mass is 19.1. The number of aromatic nitrogens is 1. The Kier molecular flexibility index (Phi) is 6.23. The molecule has 6 nitrogen and oxygen atoms in total. The van der Waals surface area contributed by atoms with Crippen LogP contribution in [-0.4, -0.2) is 29.9 Å². The van der Waals surface area contributed by atoms with E-state index in [2.05, 4.69) is 15.6 Å². The molecule has 7 heteroatoms. The maximum absolute atomic E-state index is 13.4. The molecule has 1 heterocycles. The molecule has 0 aliphatic heterocycles. The molecule has 0 spiro atoms. The zero-order valence-electron chi connectivity index (χ0n) is 16.0. The highest BCUT2D eigenvalue weighted by molar-refractivity contribution is 5.92. The Morgan fingerprint density at radius 3 is 2.79 bits per heavy atom. The summed E-state index contributed by atoms with van der Waals surface area (Å²) >= 11 is 0. The van der Waals surface area contributed by atoms with Gasteiger partial charge in [0, 0.05) is 36.7 Å². The summed E-state index contributed by atoms with van der Waals surface area (Å²) in [6, 6.07) is 7.86. The number of hydrogen-bond acceptors (Lipinski definition) is 4. The van der Waals surface area contributed by atoms with Crippen LogP contribution in [0.15, 0.2) is 36.5 Å². The number of amides is 2. The van der Waals surface area contributed by atoms with Crippen LogP contribution in [0.5, 0.6) is 5.75 Å². The summed E-state index contributed by atoms with van der Waals surface area (Å²) in [7, 11) is 1.48. The van der Waals surface area contributed by atoms with Crippen LogP contribution in [0.3, 0.4) is 0 Å². The van der Waals surface area contributed by atoms with Crippen LogP contribution in [0.4, 0.5) is 10.2 Å². The number of nitrogens with one attached hydrogen (secondary N) is 2. The standard InChI is InChI=1S/C21H24FN3O3/c1-13(26)24-17-5-3-4-15(10-17)21(27)25-20-11-14(8-9-23-20)18-7-6-16(22)12-19(18)28-2/h6-9,11-12,15,17H,3-5,10H2,1-2H3,(H,24,26)(H,23,25,27)/t15-,17-/m1/s1. The summed E-state index contributed by atoms with van der Waals surface area (Å²) in [4.78, 5) is 28.2.